The zero-order chi connectivity index (χ0) is 10.1. The zero-order valence-electron chi connectivity index (χ0n) is 8.16. The molecule has 0 spiro atoms. The lowest BCUT2D eigenvalue weighted by Crippen LogP contribution is -2.14. The number of aldehydes is 1. The molecule has 0 bridgehead atoms. The number of rotatable bonds is 1. The van der Waals surface area contributed by atoms with Gasteiger partial charge in [-0.2, -0.15) is 0 Å². The Bertz CT molecular complexity index is 374. The van der Waals surface area contributed by atoms with Gasteiger partial charge < -0.3 is 5.11 Å². The standard InChI is InChI=1S/C11H13NO2/c1-7-5-8(6-13)9-3-2-4-10(14)11(9)12-7/h5-6,10,14H,2-4H2,1H3. The van der Waals surface area contributed by atoms with Crippen molar-refractivity contribution in [2.75, 3.05) is 0 Å². The molecular formula is C11H13NO2. The van der Waals surface area contributed by atoms with Crippen molar-refractivity contribution in [2.45, 2.75) is 32.3 Å². The van der Waals surface area contributed by atoms with Crippen LogP contribution in [0.4, 0.5) is 0 Å². The first-order valence-electron chi connectivity index (χ1n) is 4.86. The number of hydrogen-bond acceptors (Lipinski definition) is 3. The Kier molecular flexibility index (Phi) is 2.33. The minimum atomic E-state index is -0.489. The Hall–Kier alpha value is -1.22. The van der Waals surface area contributed by atoms with Gasteiger partial charge in [0.05, 0.1) is 11.8 Å². The van der Waals surface area contributed by atoms with E-state index in [1.165, 1.54) is 0 Å². The van der Waals surface area contributed by atoms with Crippen molar-refractivity contribution in [3.05, 3.63) is 28.6 Å². The molecule has 1 aliphatic carbocycles. The Labute approximate surface area is 82.8 Å². The molecule has 0 saturated heterocycles. The lowest BCUT2D eigenvalue weighted by molar-refractivity contribution is 0.112. The fourth-order valence-electron chi connectivity index (χ4n) is 2.01. The van der Waals surface area contributed by atoms with Gasteiger partial charge in [0, 0.05) is 11.3 Å². The van der Waals surface area contributed by atoms with Crippen LogP contribution in [0, 0.1) is 6.92 Å². The van der Waals surface area contributed by atoms with E-state index in [2.05, 4.69) is 4.98 Å². The minimum Gasteiger partial charge on any atom is -0.387 e. The molecule has 0 radical (unpaired) electrons. The van der Waals surface area contributed by atoms with Gasteiger partial charge in [-0.3, -0.25) is 9.78 Å². The summed E-state index contributed by atoms with van der Waals surface area (Å²) in [6.45, 7) is 1.84. The monoisotopic (exact) mass is 191 g/mol. The Morgan fingerprint density at radius 1 is 1.64 bits per heavy atom. The number of aliphatic hydroxyl groups is 1. The van der Waals surface area contributed by atoms with Crippen LogP contribution in [-0.2, 0) is 6.42 Å². The highest BCUT2D eigenvalue weighted by atomic mass is 16.3. The van der Waals surface area contributed by atoms with Gasteiger partial charge in [-0.25, -0.2) is 0 Å². The van der Waals surface area contributed by atoms with Gasteiger partial charge in [0.1, 0.15) is 6.29 Å². The molecule has 14 heavy (non-hydrogen) atoms. The lowest BCUT2D eigenvalue weighted by atomic mass is 9.90. The summed E-state index contributed by atoms with van der Waals surface area (Å²) in [7, 11) is 0. The molecule has 0 saturated carbocycles. The van der Waals surface area contributed by atoms with Crippen LogP contribution in [0.2, 0.25) is 0 Å². The zero-order valence-corrected chi connectivity index (χ0v) is 8.16. The average molecular weight is 191 g/mol. The summed E-state index contributed by atoms with van der Waals surface area (Å²) in [5.41, 5.74) is 3.13. The van der Waals surface area contributed by atoms with Crippen LogP contribution in [0.15, 0.2) is 6.07 Å². The molecule has 0 fully saturated rings. The number of nitrogens with zero attached hydrogens (tertiary/aromatic N) is 1. The summed E-state index contributed by atoms with van der Waals surface area (Å²) < 4.78 is 0. The van der Waals surface area contributed by atoms with E-state index in [0.29, 0.717) is 11.3 Å². The van der Waals surface area contributed by atoms with E-state index < -0.39 is 6.10 Å². The van der Waals surface area contributed by atoms with E-state index in [4.69, 9.17) is 0 Å². The summed E-state index contributed by atoms with van der Waals surface area (Å²) in [6.07, 6.45) is 2.90. The molecular weight excluding hydrogens is 178 g/mol. The minimum absolute atomic E-state index is 0.489. The molecule has 3 nitrogen and oxygen atoms in total. The van der Waals surface area contributed by atoms with Crippen molar-refractivity contribution in [3.63, 3.8) is 0 Å². The van der Waals surface area contributed by atoms with E-state index in [1.807, 2.05) is 6.92 Å². The summed E-state index contributed by atoms with van der Waals surface area (Å²) >= 11 is 0. The van der Waals surface area contributed by atoms with Crippen molar-refractivity contribution in [1.82, 2.24) is 4.98 Å². The molecule has 1 unspecified atom stereocenters. The van der Waals surface area contributed by atoms with Gasteiger partial charge in [-0.05, 0) is 37.8 Å². The lowest BCUT2D eigenvalue weighted by Gasteiger charge is -2.21. The highest BCUT2D eigenvalue weighted by Crippen LogP contribution is 2.29. The maximum absolute atomic E-state index is 10.8. The molecule has 0 amide bonds. The third kappa shape index (κ3) is 1.44. The summed E-state index contributed by atoms with van der Waals surface area (Å²) in [6, 6.07) is 1.78. The normalized spacial score (nSPS) is 20.3. The maximum atomic E-state index is 10.8. The largest absolute Gasteiger partial charge is 0.387 e. The number of hydrogen-bond donors (Lipinski definition) is 1. The number of carbonyl (C=O) groups is 1. The first-order valence-corrected chi connectivity index (χ1v) is 4.86. The summed E-state index contributed by atoms with van der Waals surface area (Å²) in [4.78, 5) is 15.1. The first-order chi connectivity index (χ1) is 6.72. The smallest absolute Gasteiger partial charge is 0.150 e. The molecule has 1 atom stereocenters. The Balaban J connectivity index is 2.60. The number of pyridine rings is 1. The van der Waals surface area contributed by atoms with Crippen molar-refractivity contribution in [2.24, 2.45) is 0 Å². The van der Waals surface area contributed by atoms with E-state index in [9.17, 15) is 9.90 Å². The van der Waals surface area contributed by atoms with Gasteiger partial charge in [0.25, 0.3) is 0 Å². The van der Waals surface area contributed by atoms with E-state index >= 15 is 0 Å². The Morgan fingerprint density at radius 3 is 3.14 bits per heavy atom. The molecule has 1 aliphatic rings. The molecule has 0 aromatic carbocycles. The molecule has 1 aromatic rings. The molecule has 1 aromatic heterocycles. The fraction of sp³-hybridized carbons (Fsp3) is 0.455. The van der Waals surface area contributed by atoms with Crippen LogP contribution in [-0.4, -0.2) is 16.4 Å². The van der Waals surface area contributed by atoms with Crippen LogP contribution in [0.1, 0.15) is 46.3 Å². The van der Waals surface area contributed by atoms with Gasteiger partial charge in [-0.15, -0.1) is 0 Å². The molecule has 1 N–H and O–H groups in total. The van der Waals surface area contributed by atoms with Crippen molar-refractivity contribution in [3.8, 4) is 0 Å². The highest BCUT2D eigenvalue weighted by Gasteiger charge is 2.22. The third-order valence-corrected chi connectivity index (χ3v) is 2.67. The predicted octanol–water partition coefficient (Wildman–Crippen LogP) is 1.57. The van der Waals surface area contributed by atoms with Crippen LogP contribution < -0.4 is 0 Å². The fourth-order valence-corrected chi connectivity index (χ4v) is 2.01. The molecule has 1 heterocycles. The van der Waals surface area contributed by atoms with Crippen LogP contribution in [0.25, 0.3) is 0 Å². The van der Waals surface area contributed by atoms with Crippen molar-refractivity contribution >= 4 is 6.29 Å². The van der Waals surface area contributed by atoms with E-state index in [0.717, 1.165) is 36.8 Å². The van der Waals surface area contributed by atoms with Crippen LogP contribution >= 0.6 is 0 Å². The number of fused-ring (bicyclic) bond motifs is 1. The van der Waals surface area contributed by atoms with E-state index in [-0.39, 0.29) is 0 Å². The second kappa shape index (κ2) is 3.50. The van der Waals surface area contributed by atoms with Crippen molar-refractivity contribution < 1.29 is 9.90 Å². The van der Waals surface area contributed by atoms with Crippen LogP contribution in [0.3, 0.4) is 0 Å². The predicted molar refractivity (Wildman–Crippen MR) is 52.3 cm³/mol. The summed E-state index contributed by atoms with van der Waals surface area (Å²) in [5, 5.41) is 9.73. The van der Waals surface area contributed by atoms with Gasteiger partial charge in [0.2, 0.25) is 0 Å². The number of aromatic nitrogens is 1. The quantitative estimate of drug-likeness (QED) is 0.685. The number of aryl methyl sites for hydroxylation is 1. The first kappa shape index (κ1) is 9.34. The second-order valence-electron chi connectivity index (χ2n) is 3.74. The number of carbonyl (C=O) groups excluding carboxylic acids is 1. The van der Waals surface area contributed by atoms with Gasteiger partial charge in [0.15, 0.2) is 0 Å². The van der Waals surface area contributed by atoms with Gasteiger partial charge >= 0.3 is 0 Å². The van der Waals surface area contributed by atoms with E-state index in [1.54, 1.807) is 6.07 Å². The average Bonchev–Trinajstić information content (AvgIpc) is 2.18. The van der Waals surface area contributed by atoms with Crippen molar-refractivity contribution in [1.29, 1.82) is 0 Å². The third-order valence-electron chi connectivity index (χ3n) is 2.67. The SMILES string of the molecule is Cc1cc(C=O)c2c(n1)C(O)CCC2. The molecule has 2 rings (SSSR count). The van der Waals surface area contributed by atoms with Crippen LogP contribution in [0.5, 0.6) is 0 Å². The Morgan fingerprint density at radius 2 is 2.43 bits per heavy atom. The summed E-state index contributed by atoms with van der Waals surface area (Å²) in [5.74, 6) is 0. The number of aliphatic hydroxyl groups excluding tert-OH is 1. The second-order valence-corrected chi connectivity index (χ2v) is 3.74. The molecule has 3 heteroatoms. The highest BCUT2D eigenvalue weighted by molar-refractivity contribution is 5.78. The maximum Gasteiger partial charge on any atom is 0.150 e. The molecule has 74 valence electrons. The van der Waals surface area contributed by atoms with Gasteiger partial charge in [-0.1, -0.05) is 0 Å². The topological polar surface area (TPSA) is 50.2 Å². The molecule has 0 aliphatic heterocycles.